The smallest absolute Gasteiger partial charge is 0.410 e. The number of halogens is 3. The van der Waals surface area contributed by atoms with Crippen LogP contribution in [0, 0.1) is 17.6 Å². The topological polar surface area (TPSA) is 55.6 Å². The van der Waals surface area contributed by atoms with Gasteiger partial charge in [0.1, 0.15) is 17.2 Å². The Morgan fingerprint density at radius 2 is 1.95 bits per heavy atom. The summed E-state index contributed by atoms with van der Waals surface area (Å²) in [4.78, 5) is 13.3. The fourth-order valence-corrected chi connectivity index (χ4v) is 2.41. The lowest BCUT2D eigenvalue weighted by molar-refractivity contribution is -0.00493. The molecular formula is C15H19ClF2N2O2. The van der Waals surface area contributed by atoms with Crippen LogP contribution in [0.15, 0.2) is 12.1 Å². The van der Waals surface area contributed by atoms with Crippen molar-refractivity contribution in [2.75, 3.05) is 13.1 Å². The number of hydrogen-bond donors (Lipinski definition) is 1. The molecule has 1 aromatic rings. The number of hydrogen-bond acceptors (Lipinski definition) is 3. The minimum atomic E-state index is -0.711. The minimum Gasteiger partial charge on any atom is -0.444 e. The molecule has 7 heteroatoms. The van der Waals surface area contributed by atoms with Crippen LogP contribution in [-0.2, 0) is 4.74 Å². The van der Waals surface area contributed by atoms with Gasteiger partial charge in [0.2, 0.25) is 0 Å². The first-order valence-corrected chi connectivity index (χ1v) is 7.34. The molecule has 122 valence electrons. The summed E-state index contributed by atoms with van der Waals surface area (Å²) in [6.07, 6.45) is -0.432. The number of carbonyl (C=O) groups is 1. The van der Waals surface area contributed by atoms with Crippen LogP contribution in [0.1, 0.15) is 32.4 Å². The van der Waals surface area contributed by atoms with Gasteiger partial charge in [-0.2, -0.15) is 0 Å². The van der Waals surface area contributed by atoms with E-state index >= 15 is 0 Å². The predicted octanol–water partition coefficient (Wildman–Crippen LogP) is 3.48. The third kappa shape index (κ3) is 3.67. The molecule has 1 atom stereocenters. The molecule has 0 aliphatic carbocycles. The van der Waals surface area contributed by atoms with E-state index in [0.29, 0.717) is 13.1 Å². The molecule has 1 aliphatic rings. The van der Waals surface area contributed by atoms with Crippen molar-refractivity contribution in [3.63, 3.8) is 0 Å². The van der Waals surface area contributed by atoms with E-state index in [1.807, 2.05) is 0 Å². The maximum Gasteiger partial charge on any atom is 0.410 e. The van der Waals surface area contributed by atoms with Crippen molar-refractivity contribution < 1.29 is 18.3 Å². The first-order valence-electron chi connectivity index (χ1n) is 6.96. The van der Waals surface area contributed by atoms with Crippen molar-refractivity contribution in [1.29, 1.82) is 0 Å². The lowest BCUT2D eigenvalue weighted by atomic mass is 9.87. The summed E-state index contributed by atoms with van der Waals surface area (Å²) >= 11 is 5.52. The van der Waals surface area contributed by atoms with Crippen molar-refractivity contribution in [3.05, 3.63) is 34.4 Å². The van der Waals surface area contributed by atoms with E-state index in [0.717, 1.165) is 12.1 Å². The predicted molar refractivity (Wildman–Crippen MR) is 79.6 cm³/mol. The first kappa shape index (κ1) is 17.0. The zero-order valence-corrected chi connectivity index (χ0v) is 13.5. The van der Waals surface area contributed by atoms with E-state index < -0.39 is 29.4 Å². The fraction of sp³-hybridized carbons (Fsp3) is 0.533. The largest absolute Gasteiger partial charge is 0.444 e. The van der Waals surface area contributed by atoms with E-state index in [2.05, 4.69) is 0 Å². The molecule has 0 saturated carbocycles. The van der Waals surface area contributed by atoms with Gasteiger partial charge in [-0.15, -0.1) is 0 Å². The van der Waals surface area contributed by atoms with Gasteiger partial charge in [0.05, 0.1) is 5.02 Å². The summed E-state index contributed by atoms with van der Waals surface area (Å²) in [5.74, 6) is -1.51. The highest BCUT2D eigenvalue weighted by Gasteiger charge is 2.38. The number of ether oxygens (including phenoxy) is 1. The van der Waals surface area contributed by atoms with E-state index in [1.165, 1.54) is 4.90 Å². The van der Waals surface area contributed by atoms with E-state index in [4.69, 9.17) is 22.1 Å². The molecule has 1 amide bonds. The summed E-state index contributed by atoms with van der Waals surface area (Å²) in [5, 5.41) is -0.280. The number of amides is 1. The average Bonchev–Trinajstić information content (AvgIpc) is 2.29. The highest BCUT2D eigenvalue weighted by atomic mass is 35.5. The number of rotatable bonds is 2. The van der Waals surface area contributed by atoms with E-state index in [1.54, 1.807) is 20.8 Å². The maximum atomic E-state index is 13.8. The standard InChI is InChI=1S/C15H19ClF2N2O2/c1-15(2,3)22-14(21)20-6-8(7-20)13(19)9-4-12(18)10(16)5-11(9)17/h4-5,8,13H,6-7,19H2,1-3H3. The van der Waals surface area contributed by atoms with Crippen molar-refractivity contribution in [1.82, 2.24) is 4.90 Å². The molecule has 1 aromatic carbocycles. The Labute approximate surface area is 133 Å². The number of nitrogens with two attached hydrogens (primary N) is 1. The second kappa shape index (κ2) is 6.01. The first-order chi connectivity index (χ1) is 10.1. The minimum absolute atomic E-state index is 0.0655. The van der Waals surface area contributed by atoms with Crippen LogP contribution in [0.25, 0.3) is 0 Å². The summed E-state index contributed by atoms with van der Waals surface area (Å²) in [6.45, 7) is 6.03. The third-order valence-electron chi connectivity index (χ3n) is 3.47. The van der Waals surface area contributed by atoms with Crippen LogP contribution in [0.5, 0.6) is 0 Å². The van der Waals surface area contributed by atoms with Crippen LogP contribution in [0.3, 0.4) is 0 Å². The summed E-state index contributed by atoms with van der Waals surface area (Å²) in [5.41, 5.74) is 5.47. The third-order valence-corrected chi connectivity index (χ3v) is 3.76. The van der Waals surface area contributed by atoms with Gasteiger partial charge in [0.15, 0.2) is 0 Å². The Bertz CT molecular complexity index is 584. The lowest BCUT2D eigenvalue weighted by Gasteiger charge is -2.42. The van der Waals surface area contributed by atoms with Gasteiger partial charge >= 0.3 is 6.09 Å². The quantitative estimate of drug-likeness (QED) is 0.843. The molecule has 0 spiro atoms. The van der Waals surface area contributed by atoms with Gasteiger partial charge < -0.3 is 15.4 Å². The van der Waals surface area contributed by atoms with Crippen molar-refractivity contribution >= 4 is 17.7 Å². The van der Waals surface area contributed by atoms with Crippen LogP contribution in [-0.4, -0.2) is 29.7 Å². The number of nitrogens with zero attached hydrogens (tertiary/aromatic N) is 1. The van der Waals surface area contributed by atoms with Gasteiger partial charge in [-0.05, 0) is 32.9 Å². The molecule has 1 aliphatic heterocycles. The highest BCUT2D eigenvalue weighted by Crippen LogP contribution is 2.32. The Morgan fingerprint density at radius 1 is 1.36 bits per heavy atom. The van der Waals surface area contributed by atoms with Gasteiger partial charge in [-0.3, -0.25) is 0 Å². The molecular weight excluding hydrogens is 314 g/mol. The Morgan fingerprint density at radius 3 is 2.50 bits per heavy atom. The Kier molecular flexibility index (Phi) is 4.63. The molecule has 1 saturated heterocycles. The molecule has 0 bridgehead atoms. The zero-order valence-electron chi connectivity index (χ0n) is 12.7. The molecule has 2 rings (SSSR count). The molecule has 1 unspecified atom stereocenters. The Balaban J connectivity index is 1.99. The van der Waals surface area contributed by atoms with Crippen molar-refractivity contribution in [3.8, 4) is 0 Å². The molecule has 0 radical (unpaired) electrons. The van der Waals surface area contributed by atoms with Crippen LogP contribution >= 0.6 is 11.6 Å². The molecule has 0 aromatic heterocycles. The van der Waals surface area contributed by atoms with Gasteiger partial charge in [-0.25, -0.2) is 13.6 Å². The number of carbonyl (C=O) groups excluding carboxylic acids is 1. The van der Waals surface area contributed by atoms with Gasteiger partial charge in [-0.1, -0.05) is 11.6 Å². The summed E-state index contributed by atoms with van der Waals surface area (Å²) in [7, 11) is 0. The van der Waals surface area contributed by atoms with Crippen LogP contribution < -0.4 is 5.73 Å². The molecule has 4 nitrogen and oxygen atoms in total. The number of benzene rings is 1. The van der Waals surface area contributed by atoms with Gasteiger partial charge in [0, 0.05) is 30.6 Å². The maximum absolute atomic E-state index is 13.8. The van der Waals surface area contributed by atoms with Gasteiger partial charge in [0.25, 0.3) is 0 Å². The SMILES string of the molecule is CC(C)(C)OC(=O)N1CC(C(N)c2cc(F)c(Cl)cc2F)C1. The zero-order chi connectivity index (χ0) is 16.7. The molecule has 1 fully saturated rings. The number of likely N-dealkylation sites (tertiary alicyclic amines) is 1. The fourth-order valence-electron chi connectivity index (χ4n) is 2.26. The molecule has 2 N–H and O–H groups in total. The molecule has 1 heterocycles. The molecule has 22 heavy (non-hydrogen) atoms. The average molecular weight is 333 g/mol. The summed E-state index contributed by atoms with van der Waals surface area (Å²) < 4.78 is 32.5. The van der Waals surface area contributed by atoms with Crippen molar-refractivity contribution in [2.24, 2.45) is 11.7 Å². The van der Waals surface area contributed by atoms with Crippen LogP contribution in [0.4, 0.5) is 13.6 Å². The second-order valence-electron chi connectivity index (χ2n) is 6.46. The summed E-state index contributed by atoms with van der Waals surface area (Å²) in [6, 6.07) is 1.22. The highest BCUT2D eigenvalue weighted by molar-refractivity contribution is 6.30. The monoisotopic (exact) mass is 332 g/mol. The van der Waals surface area contributed by atoms with E-state index in [9.17, 15) is 13.6 Å². The lowest BCUT2D eigenvalue weighted by Crippen LogP contribution is -2.54. The second-order valence-corrected chi connectivity index (χ2v) is 6.87. The van der Waals surface area contributed by atoms with Crippen molar-refractivity contribution in [2.45, 2.75) is 32.4 Å². The van der Waals surface area contributed by atoms with E-state index in [-0.39, 0.29) is 16.5 Å². The Hall–Kier alpha value is -1.40. The normalized spacial score (nSPS) is 17.1. The van der Waals surface area contributed by atoms with Crippen LogP contribution in [0.2, 0.25) is 5.02 Å².